The number of cyclic esters (lactones) is 1. The minimum absolute atomic E-state index is 0.0257. The number of nitrogens with zero attached hydrogens (tertiary/aromatic N) is 2. The van der Waals surface area contributed by atoms with Crippen LogP contribution in [-0.2, 0) is 23.9 Å². The molecule has 0 aromatic heterocycles. The standard InChI is InChI=1S/C28H34N2O6/c1-4-27-11-6-5-7-16-35-26(34)22(27)21-24(32)30(14-15-31)23-25(33)29(13-8-12-28(21,23)36-27)20-17-18(2)9-10-19(20)3/h6,8-12,17,21-23,31H,4-5,7,13-16H2,1-3H3/b11-6-/t21-,22-,23?,27+,28-/m0/s1. The zero-order valence-corrected chi connectivity index (χ0v) is 21.1. The van der Waals surface area contributed by atoms with Gasteiger partial charge in [-0.05, 0) is 50.3 Å². The highest BCUT2D eigenvalue weighted by Gasteiger charge is 2.75. The number of carbonyl (C=O) groups excluding carboxylic acids is 3. The average molecular weight is 495 g/mol. The lowest BCUT2D eigenvalue weighted by Gasteiger charge is -2.38. The molecule has 2 amide bonds. The maximum Gasteiger partial charge on any atom is 0.313 e. The summed E-state index contributed by atoms with van der Waals surface area (Å²) >= 11 is 0. The lowest BCUT2D eigenvalue weighted by molar-refractivity contribution is -0.159. The Kier molecular flexibility index (Phi) is 6.29. The Morgan fingerprint density at radius 3 is 2.64 bits per heavy atom. The Bertz CT molecular complexity index is 1140. The molecule has 5 atom stereocenters. The largest absolute Gasteiger partial charge is 0.465 e. The normalized spacial score (nSPS) is 34.8. The Hall–Kier alpha value is -2.97. The van der Waals surface area contributed by atoms with E-state index in [-0.39, 0.29) is 31.6 Å². The average Bonchev–Trinajstić information content (AvgIpc) is 3.23. The first-order valence-corrected chi connectivity index (χ1v) is 12.8. The van der Waals surface area contributed by atoms with Gasteiger partial charge >= 0.3 is 5.97 Å². The van der Waals surface area contributed by atoms with E-state index in [9.17, 15) is 19.5 Å². The highest BCUT2D eigenvalue weighted by atomic mass is 16.6. The van der Waals surface area contributed by atoms with E-state index in [0.717, 1.165) is 23.2 Å². The summed E-state index contributed by atoms with van der Waals surface area (Å²) in [6.07, 6.45) is 9.46. The number of aryl methyl sites for hydroxylation is 2. The van der Waals surface area contributed by atoms with E-state index in [1.54, 1.807) is 4.90 Å². The molecule has 1 N–H and O–H groups in total. The number of amides is 2. The molecule has 1 aromatic carbocycles. The van der Waals surface area contributed by atoms with Gasteiger partial charge in [0.25, 0.3) is 5.91 Å². The van der Waals surface area contributed by atoms with Gasteiger partial charge in [0.1, 0.15) is 23.2 Å². The first-order chi connectivity index (χ1) is 17.3. The number of likely N-dealkylation sites (tertiary alicyclic amines) is 1. The molecule has 4 aliphatic heterocycles. The van der Waals surface area contributed by atoms with Gasteiger partial charge in [0, 0.05) is 18.8 Å². The highest BCUT2D eigenvalue weighted by Crippen LogP contribution is 2.58. The lowest BCUT2D eigenvalue weighted by Crippen LogP contribution is -2.56. The molecule has 0 saturated carbocycles. The quantitative estimate of drug-likeness (QED) is 0.510. The van der Waals surface area contributed by atoms with Crippen LogP contribution in [0, 0.1) is 25.7 Å². The molecule has 0 aliphatic carbocycles. The van der Waals surface area contributed by atoms with Gasteiger partial charge in [-0.25, -0.2) is 0 Å². The van der Waals surface area contributed by atoms with Crippen LogP contribution in [0.5, 0.6) is 0 Å². The van der Waals surface area contributed by atoms with Crippen molar-refractivity contribution in [3.8, 4) is 0 Å². The second kappa shape index (κ2) is 9.16. The number of aliphatic hydroxyl groups excluding tert-OH is 1. The molecule has 192 valence electrons. The summed E-state index contributed by atoms with van der Waals surface area (Å²) in [5, 5.41) is 9.84. The van der Waals surface area contributed by atoms with E-state index in [2.05, 4.69) is 0 Å². The summed E-state index contributed by atoms with van der Waals surface area (Å²) in [7, 11) is 0. The van der Waals surface area contributed by atoms with Crippen molar-refractivity contribution in [2.24, 2.45) is 11.8 Å². The van der Waals surface area contributed by atoms with Gasteiger partial charge in [-0.15, -0.1) is 0 Å². The predicted octanol–water partition coefficient (Wildman–Crippen LogP) is 2.45. The van der Waals surface area contributed by atoms with Crippen molar-refractivity contribution in [3.05, 3.63) is 53.6 Å². The fourth-order valence-corrected chi connectivity index (χ4v) is 6.45. The van der Waals surface area contributed by atoms with Gasteiger partial charge in [-0.3, -0.25) is 14.4 Å². The molecule has 2 saturated heterocycles. The minimum atomic E-state index is -1.35. The van der Waals surface area contributed by atoms with Crippen LogP contribution in [0.15, 0.2) is 42.5 Å². The third-order valence-corrected chi connectivity index (χ3v) is 8.13. The molecule has 36 heavy (non-hydrogen) atoms. The van der Waals surface area contributed by atoms with Crippen LogP contribution in [0.2, 0.25) is 0 Å². The van der Waals surface area contributed by atoms with Gasteiger partial charge in [0.2, 0.25) is 5.91 Å². The van der Waals surface area contributed by atoms with Crippen LogP contribution in [0.25, 0.3) is 0 Å². The fourth-order valence-electron chi connectivity index (χ4n) is 6.45. The van der Waals surface area contributed by atoms with Crippen LogP contribution in [0.1, 0.15) is 37.3 Å². The molecule has 0 bridgehead atoms. The Morgan fingerprint density at radius 1 is 1.08 bits per heavy atom. The number of anilines is 1. The summed E-state index contributed by atoms with van der Waals surface area (Å²) in [5.74, 6) is -2.93. The number of β-amino-alcohol motifs (C(OH)–C–C–N with tert-alkyl or cyclic N) is 1. The van der Waals surface area contributed by atoms with E-state index in [1.807, 2.05) is 63.3 Å². The number of aliphatic hydroxyl groups is 1. The maximum atomic E-state index is 14.3. The second-order valence-electron chi connectivity index (χ2n) is 10.2. The zero-order chi connectivity index (χ0) is 25.7. The number of allylic oxidation sites excluding steroid dienone is 1. The van der Waals surface area contributed by atoms with Crippen molar-refractivity contribution in [1.29, 1.82) is 0 Å². The van der Waals surface area contributed by atoms with Gasteiger partial charge in [0.15, 0.2) is 0 Å². The number of hydrogen-bond donors (Lipinski definition) is 1. The third kappa shape index (κ3) is 3.53. The Balaban J connectivity index is 1.68. The molecule has 1 unspecified atom stereocenters. The monoisotopic (exact) mass is 494 g/mol. The second-order valence-corrected chi connectivity index (χ2v) is 10.2. The van der Waals surface area contributed by atoms with Crippen molar-refractivity contribution in [1.82, 2.24) is 4.90 Å². The van der Waals surface area contributed by atoms with Crippen LogP contribution < -0.4 is 4.90 Å². The van der Waals surface area contributed by atoms with Crippen LogP contribution in [0.3, 0.4) is 0 Å². The number of esters is 1. The Morgan fingerprint density at radius 2 is 1.89 bits per heavy atom. The number of rotatable bonds is 4. The first-order valence-electron chi connectivity index (χ1n) is 12.8. The van der Waals surface area contributed by atoms with Crippen LogP contribution in [-0.4, -0.2) is 71.3 Å². The maximum absolute atomic E-state index is 14.3. The number of hydrogen-bond acceptors (Lipinski definition) is 6. The summed E-state index contributed by atoms with van der Waals surface area (Å²) in [6.45, 7) is 6.09. The molecule has 0 radical (unpaired) electrons. The van der Waals surface area contributed by atoms with Crippen molar-refractivity contribution in [3.63, 3.8) is 0 Å². The third-order valence-electron chi connectivity index (χ3n) is 8.13. The number of ether oxygens (including phenoxy) is 2. The molecule has 1 aromatic rings. The molecular weight excluding hydrogens is 460 g/mol. The number of carbonyl (C=O) groups is 3. The Labute approximate surface area is 211 Å². The van der Waals surface area contributed by atoms with Crippen molar-refractivity contribution >= 4 is 23.5 Å². The summed E-state index contributed by atoms with van der Waals surface area (Å²) in [5.41, 5.74) is 0.313. The number of benzene rings is 1. The molecule has 5 rings (SSSR count). The first kappa shape index (κ1) is 24.7. The van der Waals surface area contributed by atoms with E-state index >= 15 is 0 Å². The predicted molar refractivity (Wildman–Crippen MR) is 133 cm³/mol. The molecule has 1 spiro atoms. The van der Waals surface area contributed by atoms with Gasteiger partial charge < -0.3 is 24.4 Å². The van der Waals surface area contributed by atoms with Crippen molar-refractivity contribution in [2.45, 2.75) is 57.3 Å². The van der Waals surface area contributed by atoms with Crippen LogP contribution in [0.4, 0.5) is 5.69 Å². The SMILES string of the molecule is CC[C@@]12/C=C\CCCOC(=O)[C@@H]1[C@H]1C(=O)N(CCO)C3C(=O)N(c4cc(C)ccc4C)CC=C[C@@]31O2. The summed E-state index contributed by atoms with van der Waals surface area (Å²) < 4.78 is 12.5. The molecule has 4 aliphatic rings. The molecule has 8 nitrogen and oxygen atoms in total. The summed E-state index contributed by atoms with van der Waals surface area (Å²) in [6, 6.07) is 4.92. The topological polar surface area (TPSA) is 96.4 Å². The van der Waals surface area contributed by atoms with E-state index < -0.39 is 35.0 Å². The van der Waals surface area contributed by atoms with Crippen LogP contribution >= 0.6 is 0 Å². The highest BCUT2D eigenvalue weighted by molar-refractivity contribution is 6.06. The molecule has 8 heteroatoms. The van der Waals surface area contributed by atoms with E-state index in [1.165, 1.54) is 4.90 Å². The minimum Gasteiger partial charge on any atom is -0.465 e. The van der Waals surface area contributed by atoms with Gasteiger partial charge in [-0.1, -0.05) is 43.4 Å². The fraction of sp³-hybridized carbons (Fsp3) is 0.536. The summed E-state index contributed by atoms with van der Waals surface area (Å²) in [4.78, 5) is 44.9. The van der Waals surface area contributed by atoms with Gasteiger partial charge in [0.05, 0.1) is 19.1 Å². The molecular formula is C28H34N2O6. The van der Waals surface area contributed by atoms with Gasteiger partial charge in [-0.2, -0.15) is 0 Å². The van der Waals surface area contributed by atoms with E-state index in [4.69, 9.17) is 9.47 Å². The van der Waals surface area contributed by atoms with Crippen molar-refractivity contribution in [2.75, 3.05) is 31.2 Å². The smallest absolute Gasteiger partial charge is 0.313 e. The van der Waals surface area contributed by atoms with Crippen molar-refractivity contribution < 1.29 is 29.0 Å². The molecule has 2 fully saturated rings. The zero-order valence-electron chi connectivity index (χ0n) is 21.1. The molecule has 4 heterocycles. The van der Waals surface area contributed by atoms with E-state index in [0.29, 0.717) is 19.4 Å². The lowest BCUT2D eigenvalue weighted by atomic mass is 9.73. The number of fused-ring (bicyclic) bond motifs is 2.